The molecule has 0 saturated heterocycles. The summed E-state index contributed by atoms with van der Waals surface area (Å²) in [5, 5.41) is 0.903. The largest absolute Gasteiger partial charge is 0.452 e. The SMILES string of the molecule is Cc1cccc(C(=O)Oc2c(-c3ccc(Cl)cc3)oc3ccc(C)cc3c2=O)c1. The van der Waals surface area contributed by atoms with Crippen molar-refractivity contribution in [2.75, 3.05) is 0 Å². The molecule has 0 atom stereocenters. The lowest BCUT2D eigenvalue weighted by atomic mass is 10.1. The second-order valence-corrected chi connectivity index (χ2v) is 7.29. The number of hydrogen-bond donors (Lipinski definition) is 0. The fraction of sp³-hybridized carbons (Fsp3) is 0.0833. The van der Waals surface area contributed by atoms with Gasteiger partial charge in [-0.05, 0) is 62.4 Å². The van der Waals surface area contributed by atoms with E-state index < -0.39 is 11.4 Å². The number of halogens is 1. The molecule has 29 heavy (non-hydrogen) atoms. The second-order valence-electron chi connectivity index (χ2n) is 6.85. The van der Waals surface area contributed by atoms with Gasteiger partial charge in [-0.1, -0.05) is 40.9 Å². The zero-order valence-electron chi connectivity index (χ0n) is 15.9. The molecule has 0 N–H and O–H groups in total. The van der Waals surface area contributed by atoms with Crippen LogP contribution in [0.1, 0.15) is 21.5 Å². The maximum atomic E-state index is 13.2. The average molecular weight is 405 g/mol. The molecule has 0 fully saturated rings. The molecular formula is C24H17ClO4. The summed E-state index contributed by atoms with van der Waals surface area (Å²) in [4.78, 5) is 25.9. The normalized spacial score (nSPS) is 10.9. The van der Waals surface area contributed by atoms with Gasteiger partial charge in [0.25, 0.3) is 0 Å². The van der Waals surface area contributed by atoms with E-state index in [9.17, 15) is 9.59 Å². The third kappa shape index (κ3) is 3.80. The molecule has 0 aliphatic rings. The molecule has 144 valence electrons. The Hall–Kier alpha value is -3.37. The standard InChI is InChI=1S/C24H17ClO4/c1-14-4-3-5-17(12-14)24(27)29-23-21(26)19-13-15(2)6-11-20(19)28-22(23)16-7-9-18(25)10-8-16/h3-13H,1-2H3. The maximum Gasteiger partial charge on any atom is 0.343 e. The molecule has 3 aromatic carbocycles. The van der Waals surface area contributed by atoms with Crippen LogP contribution in [0.2, 0.25) is 5.02 Å². The molecule has 0 radical (unpaired) electrons. The van der Waals surface area contributed by atoms with Crippen LogP contribution in [-0.2, 0) is 0 Å². The lowest BCUT2D eigenvalue weighted by Gasteiger charge is -2.11. The Labute approximate surface area is 172 Å². The molecule has 0 bridgehead atoms. The predicted molar refractivity (Wildman–Crippen MR) is 114 cm³/mol. The molecule has 4 rings (SSSR count). The Morgan fingerprint density at radius 3 is 2.38 bits per heavy atom. The highest BCUT2D eigenvalue weighted by atomic mass is 35.5. The Morgan fingerprint density at radius 1 is 0.931 bits per heavy atom. The van der Waals surface area contributed by atoms with Gasteiger partial charge < -0.3 is 9.15 Å². The van der Waals surface area contributed by atoms with Crippen LogP contribution < -0.4 is 10.2 Å². The average Bonchev–Trinajstić information content (AvgIpc) is 2.71. The number of rotatable bonds is 3. The van der Waals surface area contributed by atoms with Crippen molar-refractivity contribution in [2.45, 2.75) is 13.8 Å². The second kappa shape index (κ2) is 7.57. The summed E-state index contributed by atoms with van der Waals surface area (Å²) in [6, 6.07) is 19.1. The molecule has 0 spiro atoms. The summed E-state index contributed by atoms with van der Waals surface area (Å²) < 4.78 is 11.6. The van der Waals surface area contributed by atoms with Crippen LogP contribution in [0.4, 0.5) is 0 Å². The highest BCUT2D eigenvalue weighted by Gasteiger charge is 2.21. The minimum Gasteiger partial charge on any atom is -0.452 e. The monoisotopic (exact) mass is 404 g/mol. The Bertz CT molecular complexity index is 1290. The number of fused-ring (bicyclic) bond motifs is 1. The van der Waals surface area contributed by atoms with Crippen LogP contribution >= 0.6 is 11.6 Å². The highest BCUT2D eigenvalue weighted by Crippen LogP contribution is 2.32. The topological polar surface area (TPSA) is 56.5 Å². The zero-order chi connectivity index (χ0) is 20.5. The van der Waals surface area contributed by atoms with Gasteiger partial charge in [-0.25, -0.2) is 4.79 Å². The van der Waals surface area contributed by atoms with Crippen molar-refractivity contribution in [3.63, 3.8) is 0 Å². The third-order valence-corrected chi connectivity index (χ3v) is 4.81. The number of hydrogen-bond acceptors (Lipinski definition) is 4. The summed E-state index contributed by atoms with van der Waals surface area (Å²) in [7, 11) is 0. The van der Waals surface area contributed by atoms with Crippen molar-refractivity contribution < 1.29 is 13.9 Å². The molecule has 0 aliphatic heterocycles. The molecular weight excluding hydrogens is 388 g/mol. The summed E-state index contributed by atoms with van der Waals surface area (Å²) in [5.74, 6) is -0.579. The number of esters is 1. The fourth-order valence-corrected chi connectivity index (χ4v) is 3.23. The van der Waals surface area contributed by atoms with Crippen LogP contribution in [0, 0.1) is 13.8 Å². The number of ether oxygens (including phenoxy) is 1. The van der Waals surface area contributed by atoms with E-state index in [1.54, 1.807) is 54.6 Å². The first-order chi connectivity index (χ1) is 13.9. The smallest absolute Gasteiger partial charge is 0.343 e. The first-order valence-corrected chi connectivity index (χ1v) is 9.42. The molecule has 1 aromatic heterocycles. The number of carbonyl (C=O) groups excluding carboxylic acids is 1. The zero-order valence-corrected chi connectivity index (χ0v) is 16.6. The van der Waals surface area contributed by atoms with E-state index in [4.69, 9.17) is 20.8 Å². The molecule has 5 heteroatoms. The van der Waals surface area contributed by atoms with E-state index in [0.29, 0.717) is 27.1 Å². The molecule has 0 amide bonds. The summed E-state index contributed by atoms with van der Waals surface area (Å²) in [6.07, 6.45) is 0. The number of benzene rings is 3. The van der Waals surface area contributed by atoms with E-state index in [1.165, 1.54) is 0 Å². The van der Waals surface area contributed by atoms with Gasteiger partial charge in [-0.3, -0.25) is 4.79 Å². The van der Waals surface area contributed by atoms with Crippen molar-refractivity contribution in [2.24, 2.45) is 0 Å². The minimum atomic E-state index is -0.622. The van der Waals surface area contributed by atoms with Crippen LogP contribution in [0.25, 0.3) is 22.3 Å². The summed E-state index contributed by atoms with van der Waals surface area (Å²) in [5.41, 5.74) is 2.78. The van der Waals surface area contributed by atoms with Gasteiger partial charge in [0, 0.05) is 10.6 Å². The number of aryl methyl sites for hydroxylation is 2. The third-order valence-electron chi connectivity index (χ3n) is 4.56. The van der Waals surface area contributed by atoms with Crippen LogP contribution in [-0.4, -0.2) is 5.97 Å². The summed E-state index contributed by atoms with van der Waals surface area (Å²) >= 11 is 5.98. The first kappa shape index (κ1) is 19.0. The van der Waals surface area contributed by atoms with Crippen molar-refractivity contribution in [3.05, 3.63) is 98.7 Å². The molecule has 4 nitrogen and oxygen atoms in total. The lowest BCUT2D eigenvalue weighted by molar-refractivity contribution is 0.0731. The van der Waals surface area contributed by atoms with Crippen LogP contribution in [0.5, 0.6) is 5.75 Å². The molecule has 0 unspecified atom stereocenters. The first-order valence-electron chi connectivity index (χ1n) is 9.04. The molecule has 0 aliphatic carbocycles. The summed E-state index contributed by atoms with van der Waals surface area (Å²) in [6.45, 7) is 3.76. The van der Waals surface area contributed by atoms with Crippen molar-refractivity contribution >= 4 is 28.5 Å². The molecule has 1 heterocycles. The van der Waals surface area contributed by atoms with Crippen molar-refractivity contribution in [1.29, 1.82) is 0 Å². The van der Waals surface area contributed by atoms with E-state index in [1.807, 2.05) is 26.0 Å². The Balaban J connectivity index is 1.91. The Morgan fingerprint density at radius 2 is 1.66 bits per heavy atom. The minimum absolute atomic E-state index is 0.142. The Kier molecular flexibility index (Phi) is 4.95. The van der Waals surface area contributed by atoms with Crippen LogP contribution in [0.3, 0.4) is 0 Å². The van der Waals surface area contributed by atoms with Gasteiger partial charge >= 0.3 is 5.97 Å². The molecule has 4 aromatic rings. The van der Waals surface area contributed by atoms with Crippen molar-refractivity contribution in [3.8, 4) is 17.1 Å². The van der Waals surface area contributed by atoms with Gasteiger partial charge in [0.1, 0.15) is 5.58 Å². The van der Waals surface area contributed by atoms with Gasteiger partial charge in [0.2, 0.25) is 11.2 Å². The van der Waals surface area contributed by atoms with Gasteiger partial charge in [0.05, 0.1) is 10.9 Å². The van der Waals surface area contributed by atoms with Crippen molar-refractivity contribution in [1.82, 2.24) is 0 Å². The number of carbonyl (C=O) groups is 1. The fourth-order valence-electron chi connectivity index (χ4n) is 3.10. The molecule has 0 saturated carbocycles. The van der Waals surface area contributed by atoms with Gasteiger partial charge in [-0.2, -0.15) is 0 Å². The van der Waals surface area contributed by atoms with Gasteiger partial charge in [-0.15, -0.1) is 0 Å². The van der Waals surface area contributed by atoms with E-state index in [0.717, 1.165) is 11.1 Å². The maximum absolute atomic E-state index is 13.2. The van der Waals surface area contributed by atoms with E-state index >= 15 is 0 Å². The van der Waals surface area contributed by atoms with E-state index in [-0.39, 0.29) is 11.5 Å². The van der Waals surface area contributed by atoms with Crippen LogP contribution in [0.15, 0.2) is 75.9 Å². The highest BCUT2D eigenvalue weighted by molar-refractivity contribution is 6.30. The van der Waals surface area contributed by atoms with Gasteiger partial charge in [0.15, 0.2) is 5.76 Å². The predicted octanol–water partition coefficient (Wildman–Crippen LogP) is 5.95. The quantitative estimate of drug-likeness (QED) is 0.396. The van der Waals surface area contributed by atoms with E-state index in [2.05, 4.69) is 0 Å². The lowest BCUT2D eigenvalue weighted by Crippen LogP contribution is -2.16.